The van der Waals surface area contributed by atoms with E-state index < -0.39 is 0 Å². The molecule has 2 atom stereocenters. The molecule has 21 heavy (non-hydrogen) atoms. The number of allylic oxidation sites excluding steroid dienone is 2. The lowest BCUT2D eigenvalue weighted by Gasteiger charge is -2.19. The van der Waals surface area contributed by atoms with Crippen molar-refractivity contribution in [2.75, 3.05) is 6.61 Å². The van der Waals surface area contributed by atoms with E-state index in [2.05, 4.69) is 65.0 Å². The topological polar surface area (TPSA) is 9.23 Å². The summed E-state index contributed by atoms with van der Waals surface area (Å²) in [5.74, 6) is 2.41. The van der Waals surface area contributed by atoms with Gasteiger partial charge in [-0.15, -0.1) is 0 Å². The molecule has 0 aromatic heterocycles. The molecule has 0 heterocycles. The van der Waals surface area contributed by atoms with Crippen LogP contribution in [0.5, 0.6) is 5.75 Å². The van der Waals surface area contributed by atoms with Gasteiger partial charge >= 0.3 is 0 Å². The molecule has 0 fully saturated rings. The van der Waals surface area contributed by atoms with E-state index in [1.807, 2.05) is 0 Å². The van der Waals surface area contributed by atoms with Crippen LogP contribution in [-0.4, -0.2) is 6.61 Å². The zero-order chi connectivity index (χ0) is 15.7. The number of aryl methyl sites for hydroxylation is 1. The van der Waals surface area contributed by atoms with E-state index in [0.717, 1.165) is 37.5 Å². The van der Waals surface area contributed by atoms with E-state index in [-0.39, 0.29) is 0 Å². The SMILES string of the molecule is CCC(C)=CCC(C)C(C)CCOc1ccc(CC)cc1. The summed E-state index contributed by atoms with van der Waals surface area (Å²) in [5.41, 5.74) is 2.86. The molecule has 0 aliphatic heterocycles. The maximum absolute atomic E-state index is 5.86. The maximum Gasteiger partial charge on any atom is 0.119 e. The average molecular weight is 288 g/mol. The Labute approximate surface area is 131 Å². The number of hydrogen-bond acceptors (Lipinski definition) is 1. The Hall–Kier alpha value is -1.24. The number of ether oxygens (including phenoxy) is 1. The minimum Gasteiger partial charge on any atom is -0.494 e. The molecular weight excluding hydrogens is 256 g/mol. The highest BCUT2D eigenvalue weighted by atomic mass is 16.5. The van der Waals surface area contributed by atoms with Gasteiger partial charge in [0.2, 0.25) is 0 Å². The Morgan fingerprint density at radius 1 is 1.10 bits per heavy atom. The number of rotatable bonds is 9. The Bertz CT molecular complexity index is 416. The molecule has 0 spiro atoms. The van der Waals surface area contributed by atoms with Gasteiger partial charge in [-0.05, 0) is 62.1 Å². The lowest BCUT2D eigenvalue weighted by Crippen LogP contribution is -2.11. The first-order chi connectivity index (χ1) is 10.1. The van der Waals surface area contributed by atoms with Crippen LogP contribution < -0.4 is 4.74 Å². The van der Waals surface area contributed by atoms with Crippen molar-refractivity contribution >= 4 is 0 Å². The molecule has 0 saturated carbocycles. The minimum absolute atomic E-state index is 0.695. The van der Waals surface area contributed by atoms with Crippen molar-refractivity contribution in [2.24, 2.45) is 11.8 Å². The average Bonchev–Trinajstić information content (AvgIpc) is 2.52. The summed E-state index contributed by atoms with van der Waals surface area (Å²) < 4.78 is 5.86. The lowest BCUT2D eigenvalue weighted by molar-refractivity contribution is 0.253. The van der Waals surface area contributed by atoms with Crippen molar-refractivity contribution in [3.8, 4) is 5.75 Å². The summed E-state index contributed by atoms with van der Waals surface area (Å²) in [4.78, 5) is 0. The van der Waals surface area contributed by atoms with Crippen LogP contribution in [0.25, 0.3) is 0 Å². The zero-order valence-electron chi connectivity index (χ0n) is 14.5. The molecule has 1 rings (SSSR count). The normalized spacial score (nSPS) is 14.8. The summed E-state index contributed by atoms with van der Waals surface area (Å²) in [6, 6.07) is 8.47. The molecule has 0 radical (unpaired) electrons. The van der Waals surface area contributed by atoms with E-state index in [4.69, 9.17) is 4.74 Å². The van der Waals surface area contributed by atoms with Crippen LogP contribution in [0.1, 0.15) is 59.4 Å². The van der Waals surface area contributed by atoms with Crippen LogP contribution in [0.4, 0.5) is 0 Å². The maximum atomic E-state index is 5.86. The fraction of sp³-hybridized carbons (Fsp3) is 0.600. The third-order valence-electron chi connectivity index (χ3n) is 4.54. The van der Waals surface area contributed by atoms with Crippen LogP contribution in [0, 0.1) is 11.8 Å². The van der Waals surface area contributed by atoms with E-state index in [1.54, 1.807) is 0 Å². The van der Waals surface area contributed by atoms with Crippen LogP contribution >= 0.6 is 0 Å². The predicted molar refractivity (Wildman–Crippen MR) is 92.9 cm³/mol. The molecule has 1 aromatic rings. The molecule has 1 heteroatoms. The van der Waals surface area contributed by atoms with Crippen LogP contribution in [0.2, 0.25) is 0 Å². The van der Waals surface area contributed by atoms with Gasteiger partial charge in [0, 0.05) is 0 Å². The lowest BCUT2D eigenvalue weighted by atomic mass is 9.89. The standard InChI is InChI=1S/C20H32O/c1-6-16(3)8-9-17(4)18(5)14-15-21-20-12-10-19(7-2)11-13-20/h8,10-13,17-18H,6-7,9,14-15H2,1-5H3. The molecule has 0 saturated heterocycles. The minimum atomic E-state index is 0.695. The van der Waals surface area contributed by atoms with E-state index in [1.165, 1.54) is 17.6 Å². The summed E-state index contributed by atoms with van der Waals surface area (Å²) in [7, 11) is 0. The molecule has 0 bridgehead atoms. The largest absolute Gasteiger partial charge is 0.494 e. The number of benzene rings is 1. The van der Waals surface area contributed by atoms with Gasteiger partial charge in [0.25, 0.3) is 0 Å². The second kappa shape index (κ2) is 9.65. The van der Waals surface area contributed by atoms with Crippen LogP contribution in [0.15, 0.2) is 35.9 Å². The van der Waals surface area contributed by atoms with Gasteiger partial charge in [-0.3, -0.25) is 0 Å². The summed E-state index contributed by atoms with van der Waals surface area (Å²) >= 11 is 0. The Balaban J connectivity index is 2.30. The van der Waals surface area contributed by atoms with E-state index >= 15 is 0 Å². The molecule has 1 aromatic carbocycles. The fourth-order valence-corrected chi connectivity index (χ4v) is 2.23. The molecule has 118 valence electrons. The van der Waals surface area contributed by atoms with Crippen molar-refractivity contribution in [3.05, 3.63) is 41.5 Å². The van der Waals surface area contributed by atoms with E-state index in [9.17, 15) is 0 Å². The first-order valence-electron chi connectivity index (χ1n) is 8.44. The summed E-state index contributed by atoms with van der Waals surface area (Å²) in [5, 5.41) is 0. The van der Waals surface area contributed by atoms with Crippen LogP contribution in [-0.2, 0) is 6.42 Å². The quantitative estimate of drug-likeness (QED) is 0.504. The van der Waals surface area contributed by atoms with Crippen molar-refractivity contribution in [3.63, 3.8) is 0 Å². The molecule has 0 aliphatic rings. The molecule has 2 unspecified atom stereocenters. The monoisotopic (exact) mass is 288 g/mol. The Morgan fingerprint density at radius 2 is 1.76 bits per heavy atom. The highest BCUT2D eigenvalue weighted by molar-refractivity contribution is 5.27. The first kappa shape index (κ1) is 17.8. The van der Waals surface area contributed by atoms with Gasteiger partial charge in [0.1, 0.15) is 5.75 Å². The zero-order valence-corrected chi connectivity index (χ0v) is 14.5. The van der Waals surface area contributed by atoms with Crippen molar-refractivity contribution < 1.29 is 4.74 Å². The number of hydrogen-bond donors (Lipinski definition) is 0. The Morgan fingerprint density at radius 3 is 2.33 bits per heavy atom. The second-order valence-electron chi connectivity index (χ2n) is 6.23. The van der Waals surface area contributed by atoms with Gasteiger partial charge in [-0.2, -0.15) is 0 Å². The van der Waals surface area contributed by atoms with Crippen molar-refractivity contribution in [1.82, 2.24) is 0 Å². The van der Waals surface area contributed by atoms with Gasteiger partial charge < -0.3 is 4.74 Å². The summed E-state index contributed by atoms with van der Waals surface area (Å²) in [6.07, 6.45) is 6.95. The third kappa shape index (κ3) is 6.84. The highest BCUT2D eigenvalue weighted by Gasteiger charge is 2.11. The van der Waals surface area contributed by atoms with Gasteiger partial charge in [0.15, 0.2) is 0 Å². The van der Waals surface area contributed by atoms with E-state index in [0.29, 0.717) is 5.92 Å². The molecular formula is C20H32O. The second-order valence-corrected chi connectivity index (χ2v) is 6.23. The van der Waals surface area contributed by atoms with Crippen molar-refractivity contribution in [1.29, 1.82) is 0 Å². The Kier molecular flexibility index (Phi) is 8.19. The third-order valence-corrected chi connectivity index (χ3v) is 4.54. The molecule has 1 nitrogen and oxygen atoms in total. The predicted octanol–water partition coefficient (Wildman–Crippen LogP) is 6.04. The van der Waals surface area contributed by atoms with Gasteiger partial charge in [-0.1, -0.05) is 51.5 Å². The van der Waals surface area contributed by atoms with Gasteiger partial charge in [0.05, 0.1) is 6.61 Å². The smallest absolute Gasteiger partial charge is 0.119 e. The molecule has 0 aliphatic carbocycles. The van der Waals surface area contributed by atoms with Gasteiger partial charge in [-0.25, -0.2) is 0 Å². The fourth-order valence-electron chi connectivity index (χ4n) is 2.23. The highest BCUT2D eigenvalue weighted by Crippen LogP contribution is 2.21. The first-order valence-corrected chi connectivity index (χ1v) is 8.44. The molecule has 0 amide bonds. The van der Waals surface area contributed by atoms with Crippen molar-refractivity contribution in [2.45, 2.75) is 60.3 Å². The molecule has 0 N–H and O–H groups in total. The van der Waals surface area contributed by atoms with Crippen LogP contribution in [0.3, 0.4) is 0 Å². The summed E-state index contributed by atoms with van der Waals surface area (Å²) in [6.45, 7) is 12.1.